The van der Waals surface area contributed by atoms with Crippen LogP contribution in [-0.2, 0) is 0 Å². The molecule has 0 aromatic heterocycles. The molecule has 2 aromatic carbocycles. The van der Waals surface area contributed by atoms with Crippen molar-refractivity contribution in [1.82, 2.24) is 0 Å². The molecule has 0 radical (unpaired) electrons. The van der Waals surface area contributed by atoms with Gasteiger partial charge in [-0.05, 0) is 24.3 Å². The van der Waals surface area contributed by atoms with E-state index in [2.05, 4.69) is 0 Å². The number of hydrogen-bond donors (Lipinski definition) is 0. The minimum Gasteiger partial charge on any atom is -0.335 e. The van der Waals surface area contributed by atoms with Crippen molar-refractivity contribution in [1.29, 1.82) is 5.26 Å². The summed E-state index contributed by atoms with van der Waals surface area (Å²) < 4.78 is 13.3. The van der Waals surface area contributed by atoms with E-state index >= 15 is 0 Å². The molecule has 0 aliphatic carbocycles. The molecule has 0 heterocycles. The number of nitro groups is 1. The number of nitriles is 1. The van der Waals surface area contributed by atoms with Crippen LogP contribution in [0.15, 0.2) is 48.5 Å². The molecule has 21 heavy (non-hydrogen) atoms. The maximum absolute atomic E-state index is 13.3. The highest BCUT2D eigenvalue weighted by Crippen LogP contribution is 2.34. The smallest absolute Gasteiger partial charge is 0.295 e. The number of hydrogen-bond acceptors (Lipinski definition) is 4. The van der Waals surface area contributed by atoms with Crippen LogP contribution in [0.5, 0.6) is 0 Å². The number of anilines is 2. The molecule has 5 nitrogen and oxygen atoms in total. The highest BCUT2D eigenvalue weighted by atomic mass is 19.1. The van der Waals surface area contributed by atoms with Gasteiger partial charge in [-0.3, -0.25) is 10.1 Å². The van der Waals surface area contributed by atoms with Crippen LogP contribution in [-0.4, -0.2) is 11.5 Å². The van der Waals surface area contributed by atoms with Crippen LogP contribution in [0.1, 0.15) is 6.42 Å². The average Bonchev–Trinajstić information content (AvgIpc) is 2.49. The quantitative estimate of drug-likeness (QED) is 0.619. The van der Waals surface area contributed by atoms with Crippen molar-refractivity contribution in [3.05, 3.63) is 64.5 Å². The molecule has 0 saturated carbocycles. The van der Waals surface area contributed by atoms with Crippen LogP contribution >= 0.6 is 0 Å². The first-order chi connectivity index (χ1) is 10.1. The molecule has 0 aliphatic heterocycles. The fourth-order valence-electron chi connectivity index (χ4n) is 2.03. The molecule has 106 valence electrons. The summed E-state index contributed by atoms with van der Waals surface area (Å²) in [6.45, 7) is 0.285. The molecule has 0 fully saturated rings. The Morgan fingerprint density at radius 1 is 1.24 bits per heavy atom. The van der Waals surface area contributed by atoms with Crippen molar-refractivity contribution in [2.75, 3.05) is 11.4 Å². The van der Waals surface area contributed by atoms with Gasteiger partial charge in [-0.1, -0.05) is 18.2 Å². The Morgan fingerprint density at radius 3 is 2.57 bits per heavy atom. The Bertz CT molecular complexity index is 683. The zero-order valence-corrected chi connectivity index (χ0v) is 11.1. The third kappa shape index (κ3) is 3.34. The second-order valence-corrected chi connectivity index (χ2v) is 4.29. The Labute approximate surface area is 121 Å². The normalized spacial score (nSPS) is 9.90. The van der Waals surface area contributed by atoms with Gasteiger partial charge in [0.2, 0.25) is 0 Å². The fourth-order valence-corrected chi connectivity index (χ4v) is 2.03. The lowest BCUT2D eigenvalue weighted by atomic mass is 10.2. The first-order valence-electron chi connectivity index (χ1n) is 6.27. The van der Waals surface area contributed by atoms with Gasteiger partial charge < -0.3 is 4.90 Å². The first kappa shape index (κ1) is 14.5. The lowest BCUT2D eigenvalue weighted by Crippen LogP contribution is -2.19. The van der Waals surface area contributed by atoms with Gasteiger partial charge in [-0.2, -0.15) is 5.26 Å². The summed E-state index contributed by atoms with van der Waals surface area (Å²) in [5, 5.41) is 19.9. The van der Waals surface area contributed by atoms with Gasteiger partial charge in [-0.25, -0.2) is 4.39 Å². The lowest BCUT2D eigenvalue weighted by Gasteiger charge is -2.23. The molecule has 0 aliphatic rings. The fraction of sp³-hybridized carbons (Fsp3) is 0.133. The molecule has 0 amide bonds. The second-order valence-electron chi connectivity index (χ2n) is 4.29. The molecule has 0 spiro atoms. The predicted octanol–water partition coefficient (Wildman–Crippen LogP) is 3.79. The van der Waals surface area contributed by atoms with E-state index in [1.165, 1.54) is 12.1 Å². The Kier molecular flexibility index (Phi) is 4.46. The van der Waals surface area contributed by atoms with E-state index in [-0.39, 0.29) is 24.3 Å². The topological polar surface area (TPSA) is 70.2 Å². The summed E-state index contributed by atoms with van der Waals surface area (Å²) in [6, 6.07) is 14.4. The van der Waals surface area contributed by atoms with Gasteiger partial charge in [0.15, 0.2) is 0 Å². The minimum absolute atomic E-state index is 0.198. The highest BCUT2D eigenvalue weighted by Gasteiger charge is 2.21. The van der Waals surface area contributed by atoms with Gasteiger partial charge in [0, 0.05) is 12.2 Å². The van der Waals surface area contributed by atoms with Crippen LogP contribution in [0.3, 0.4) is 0 Å². The third-order valence-electron chi connectivity index (χ3n) is 2.94. The zero-order valence-electron chi connectivity index (χ0n) is 11.1. The molecule has 0 bridgehead atoms. The van der Waals surface area contributed by atoms with E-state index in [0.29, 0.717) is 5.69 Å². The maximum atomic E-state index is 13.3. The molecule has 0 saturated heterocycles. The van der Waals surface area contributed by atoms with E-state index < -0.39 is 10.7 Å². The van der Waals surface area contributed by atoms with Crippen LogP contribution in [0, 0.1) is 27.3 Å². The zero-order chi connectivity index (χ0) is 15.2. The summed E-state index contributed by atoms with van der Waals surface area (Å²) in [5.41, 5.74) is 0.655. The van der Waals surface area contributed by atoms with E-state index in [9.17, 15) is 14.5 Å². The SMILES string of the molecule is N#CCCN(c1ccccc1)c1ccc(F)cc1[N+](=O)[O-]. The summed E-state index contributed by atoms with van der Waals surface area (Å²) >= 11 is 0. The van der Waals surface area contributed by atoms with E-state index in [0.717, 1.165) is 6.07 Å². The molecular weight excluding hydrogens is 273 g/mol. The summed E-state index contributed by atoms with van der Waals surface area (Å²) in [6.07, 6.45) is 0.198. The van der Waals surface area contributed by atoms with Crippen molar-refractivity contribution in [2.45, 2.75) is 6.42 Å². The minimum atomic E-state index is -0.668. The van der Waals surface area contributed by atoms with Gasteiger partial charge in [0.1, 0.15) is 11.5 Å². The van der Waals surface area contributed by atoms with E-state index in [4.69, 9.17) is 5.26 Å². The van der Waals surface area contributed by atoms with Gasteiger partial charge >= 0.3 is 0 Å². The number of benzene rings is 2. The number of nitrogens with zero attached hydrogens (tertiary/aromatic N) is 3. The van der Waals surface area contributed by atoms with Crippen molar-refractivity contribution in [3.8, 4) is 6.07 Å². The van der Waals surface area contributed by atoms with Crippen LogP contribution in [0.2, 0.25) is 0 Å². The third-order valence-corrected chi connectivity index (χ3v) is 2.94. The molecule has 0 unspecified atom stereocenters. The number of nitro benzene ring substituents is 1. The molecular formula is C15H12FN3O2. The van der Waals surface area contributed by atoms with Crippen molar-refractivity contribution in [2.24, 2.45) is 0 Å². The Balaban J connectivity index is 2.52. The molecule has 6 heteroatoms. The van der Waals surface area contributed by atoms with Crippen molar-refractivity contribution in [3.63, 3.8) is 0 Å². The van der Waals surface area contributed by atoms with E-state index in [1.807, 2.05) is 12.1 Å². The number of halogens is 1. The molecule has 2 aromatic rings. The Morgan fingerprint density at radius 2 is 1.95 bits per heavy atom. The summed E-state index contributed by atoms with van der Waals surface area (Å²) in [7, 11) is 0. The standard InChI is InChI=1S/C15H12FN3O2/c16-12-7-8-14(15(11-12)19(20)21)18(10-4-9-17)13-5-2-1-3-6-13/h1-3,5-8,11H,4,10H2. The summed E-state index contributed by atoms with van der Waals surface area (Å²) in [5.74, 6) is -0.668. The van der Waals surface area contributed by atoms with Crippen molar-refractivity contribution < 1.29 is 9.31 Å². The molecule has 0 N–H and O–H groups in total. The largest absolute Gasteiger partial charge is 0.335 e. The average molecular weight is 285 g/mol. The van der Waals surface area contributed by atoms with Crippen LogP contribution in [0.25, 0.3) is 0 Å². The second kappa shape index (κ2) is 6.48. The highest BCUT2D eigenvalue weighted by molar-refractivity contribution is 5.72. The van der Waals surface area contributed by atoms with Crippen molar-refractivity contribution >= 4 is 17.1 Å². The van der Waals surface area contributed by atoms with Gasteiger partial charge in [0.25, 0.3) is 5.69 Å². The van der Waals surface area contributed by atoms with Gasteiger partial charge in [-0.15, -0.1) is 0 Å². The molecule has 0 atom stereocenters. The number of rotatable bonds is 5. The number of para-hydroxylation sites is 1. The summed E-state index contributed by atoms with van der Waals surface area (Å²) in [4.78, 5) is 12.1. The maximum Gasteiger partial charge on any atom is 0.295 e. The Hall–Kier alpha value is -2.94. The van der Waals surface area contributed by atoms with E-state index in [1.54, 1.807) is 29.2 Å². The molecule has 2 rings (SSSR count). The van der Waals surface area contributed by atoms with Gasteiger partial charge in [0.05, 0.1) is 23.5 Å². The lowest BCUT2D eigenvalue weighted by molar-refractivity contribution is -0.384. The van der Waals surface area contributed by atoms with Crippen LogP contribution in [0.4, 0.5) is 21.5 Å². The predicted molar refractivity (Wildman–Crippen MR) is 76.7 cm³/mol. The van der Waals surface area contributed by atoms with Crippen LogP contribution < -0.4 is 4.90 Å². The first-order valence-corrected chi connectivity index (χ1v) is 6.27. The monoisotopic (exact) mass is 285 g/mol.